The third-order valence-electron chi connectivity index (χ3n) is 0.935. The van der Waals surface area contributed by atoms with E-state index in [1.54, 1.807) is 6.26 Å². The van der Waals surface area contributed by atoms with Gasteiger partial charge in [-0.05, 0) is 18.9 Å². The molecule has 1 aliphatic heterocycles. The molecule has 0 N–H and O–H groups in total. The molecule has 0 aromatic carbocycles. The van der Waals surface area contributed by atoms with Crippen LogP contribution in [0.1, 0.15) is 12.8 Å². The molecule has 0 aliphatic carbocycles. The first-order chi connectivity index (χ1) is 3.39. The van der Waals surface area contributed by atoms with Crippen LogP contribution in [0.5, 0.6) is 0 Å². The lowest BCUT2D eigenvalue weighted by Crippen LogP contribution is -2.10. The average Bonchev–Trinajstić information content (AvgIpc) is 1.69. The van der Waals surface area contributed by atoms with Crippen LogP contribution in [0.3, 0.4) is 0 Å². The number of hydrogen-bond donors (Lipinski definition) is 0. The van der Waals surface area contributed by atoms with Crippen LogP contribution in [-0.4, -0.2) is 16.0 Å². The second kappa shape index (κ2) is 2.16. The van der Waals surface area contributed by atoms with Gasteiger partial charge in [0.25, 0.3) is 0 Å². The molecule has 1 heterocycles. The van der Waals surface area contributed by atoms with Crippen LogP contribution in [0.15, 0.2) is 12.3 Å². The minimum Gasteiger partial charge on any atom is -0.503 e. The van der Waals surface area contributed by atoms with Crippen LogP contribution in [0, 0.1) is 0 Å². The van der Waals surface area contributed by atoms with Gasteiger partial charge in [-0.3, -0.25) is 0 Å². The van der Waals surface area contributed by atoms with Gasteiger partial charge in [-0.15, -0.1) is 0 Å². The average molecular weight is 111 g/mol. The van der Waals surface area contributed by atoms with Crippen molar-refractivity contribution in [1.29, 1.82) is 0 Å². The fourth-order valence-electron chi connectivity index (χ4n) is 0.534. The van der Waals surface area contributed by atoms with Crippen LogP contribution in [0.25, 0.3) is 0 Å². The summed E-state index contributed by atoms with van der Waals surface area (Å²) in [6, 6.07) is 0. The lowest BCUT2D eigenvalue weighted by atomic mass is 10.3. The van der Waals surface area contributed by atoms with Gasteiger partial charge in [0.05, 0.1) is 22.2 Å². The number of hydrogen-bond acceptors (Lipinski definition) is 1. The molecule has 1 unspecified atom stereocenters. The maximum Gasteiger partial charge on any atom is 0.0837 e. The van der Waals surface area contributed by atoms with Crippen molar-refractivity contribution in [3.63, 3.8) is 0 Å². The SMILES string of the molecule is [Si]C1CCC=CO1. The summed E-state index contributed by atoms with van der Waals surface area (Å²) in [5, 5.41) is 0. The topological polar surface area (TPSA) is 9.23 Å². The molecule has 1 aliphatic rings. The molecule has 0 saturated carbocycles. The summed E-state index contributed by atoms with van der Waals surface area (Å²) >= 11 is 0. The lowest BCUT2D eigenvalue weighted by Gasteiger charge is -2.12. The fourth-order valence-corrected chi connectivity index (χ4v) is 0.779. The van der Waals surface area contributed by atoms with E-state index in [-0.39, 0.29) is 5.73 Å². The minimum absolute atomic E-state index is 0.255. The predicted molar refractivity (Wildman–Crippen MR) is 29.0 cm³/mol. The molecule has 0 saturated heterocycles. The zero-order valence-electron chi connectivity index (χ0n) is 4.05. The van der Waals surface area contributed by atoms with Crippen LogP contribution >= 0.6 is 0 Å². The van der Waals surface area contributed by atoms with Crippen LogP contribution in [-0.2, 0) is 4.74 Å². The van der Waals surface area contributed by atoms with E-state index in [4.69, 9.17) is 4.74 Å². The highest BCUT2D eigenvalue weighted by Crippen LogP contribution is 2.05. The Labute approximate surface area is 46.8 Å². The van der Waals surface area contributed by atoms with Gasteiger partial charge in [0.1, 0.15) is 0 Å². The van der Waals surface area contributed by atoms with Gasteiger partial charge in [-0.2, -0.15) is 0 Å². The van der Waals surface area contributed by atoms with Crippen molar-refractivity contribution in [3.05, 3.63) is 12.3 Å². The van der Waals surface area contributed by atoms with E-state index in [2.05, 4.69) is 10.2 Å². The first-order valence-electron chi connectivity index (χ1n) is 2.41. The second-order valence-electron chi connectivity index (χ2n) is 1.57. The number of rotatable bonds is 0. The predicted octanol–water partition coefficient (Wildman–Crippen LogP) is 0.805. The smallest absolute Gasteiger partial charge is 0.0837 e. The van der Waals surface area contributed by atoms with Crippen molar-refractivity contribution < 1.29 is 4.74 Å². The quantitative estimate of drug-likeness (QED) is 0.420. The highest BCUT2D eigenvalue weighted by Gasteiger charge is 2.00. The van der Waals surface area contributed by atoms with E-state index in [9.17, 15) is 0 Å². The molecule has 1 atom stereocenters. The van der Waals surface area contributed by atoms with Gasteiger partial charge < -0.3 is 4.74 Å². The Balaban J connectivity index is 2.32. The maximum absolute atomic E-state index is 5.01. The summed E-state index contributed by atoms with van der Waals surface area (Å²) in [4.78, 5) is 0. The van der Waals surface area contributed by atoms with Crippen molar-refractivity contribution >= 4 is 10.2 Å². The fraction of sp³-hybridized carbons (Fsp3) is 0.600. The zero-order chi connectivity index (χ0) is 5.11. The van der Waals surface area contributed by atoms with E-state index in [1.807, 2.05) is 6.08 Å². The summed E-state index contributed by atoms with van der Waals surface area (Å²) in [5.41, 5.74) is 0.255. The van der Waals surface area contributed by atoms with E-state index in [1.165, 1.54) is 0 Å². The molecule has 7 heavy (non-hydrogen) atoms. The standard InChI is InChI=1S/C5H7OSi/c7-5-3-1-2-4-6-5/h2,4-5H,1,3H2. The molecule has 0 bridgehead atoms. The first kappa shape index (κ1) is 4.90. The lowest BCUT2D eigenvalue weighted by molar-refractivity contribution is 0.193. The monoisotopic (exact) mass is 111 g/mol. The van der Waals surface area contributed by atoms with E-state index in [0.29, 0.717) is 0 Å². The Kier molecular flexibility index (Phi) is 1.52. The van der Waals surface area contributed by atoms with E-state index in [0.717, 1.165) is 12.8 Å². The van der Waals surface area contributed by atoms with Crippen LogP contribution in [0.2, 0.25) is 0 Å². The summed E-state index contributed by atoms with van der Waals surface area (Å²) in [6.45, 7) is 0. The van der Waals surface area contributed by atoms with Gasteiger partial charge >= 0.3 is 0 Å². The summed E-state index contributed by atoms with van der Waals surface area (Å²) < 4.78 is 5.01. The highest BCUT2D eigenvalue weighted by molar-refractivity contribution is 6.11. The molecule has 3 radical (unpaired) electrons. The largest absolute Gasteiger partial charge is 0.503 e. The summed E-state index contributed by atoms with van der Waals surface area (Å²) in [5.74, 6) is 0. The number of allylic oxidation sites excluding steroid dienone is 1. The highest BCUT2D eigenvalue weighted by atomic mass is 28.1. The van der Waals surface area contributed by atoms with Crippen molar-refractivity contribution in [2.45, 2.75) is 18.6 Å². The van der Waals surface area contributed by atoms with E-state index < -0.39 is 0 Å². The van der Waals surface area contributed by atoms with Crippen molar-refractivity contribution in [2.75, 3.05) is 0 Å². The molecule has 1 nitrogen and oxygen atoms in total. The maximum atomic E-state index is 5.01. The van der Waals surface area contributed by atoms with E-state index >= 15 is 0 Å². The number of ether oxygens (including phenoxy) is 1. The Morgan fingerprint density at radius 1 is 1.71 bits per heavy atom. The van der Waals surface area contributed by atoms with Gasteiger partial charge in [0.15, 0.2) is 0 Å². The summed E-state index contributed by atoms with van der Waals surface area (Å²) in [6.07, 6.45) is 5.99. The Bertz CT molecular complexity index is 80.1. The minimum atomic E-state index is 0.255. The molecule has 0 aromatic rings. The van der Waals surface area contributed by atoms with Crippen LogP contribution in [0.4, 0.5) is 0 Å². The van der Waals surface area contributed by atoms with Gasteiger partial charge in [-0.1, -0.05) is 0 Å². The van der Waals surface area contributed by atoms with Gasteiger partial charge in [-0.25, -0.2) is 0 Å². The zero-order valence-corrected chi connectivity index (χ0v) is 5.05. The normalized spacial score (nSPS) is 29.6. The molecule has 0 fully saturated rings. The van der Waals surface area contributed by atoms with Crippen molar-refractivity contribution in [2.24, 2.45) is 0 Å². The second-order valence-corrected chi connectivity index (χ2v) is 2.22. The van der Waals surface area contributed by atoms with Gasteiger partial charge in [0, 0.05) is 0 Å². The molecule has 37 valence electrons. The molecule has 0 amide bonds. The van der Waals surface area contributed by atoms with Crippen molar-refractivity contribution in [3.8, 4) is 0 Å². The first-order valence-corrected chi connectivity index (χ1v) is 2.99. The molecule has 2 heteroatoms. The Hall–Kier alpha value is -0.243. The Morgan fingerprint density at radius 2 is 2.57 bits per heavy atom. The van der Waals surface area contributed by atoms with Crippen molar-refractivity contribution in [1.82, 2.24) is 0 Å². The molecule has 0 spiro atoms. The third-order valence-corrected chi connectivity index (χ3v) is 1.36. The molecular weight excluding hydrogens is 104 g/mol. The molecule has 0 aromatic heterocycles. The van der Waals surface area contributed by atoms with Gasteiger partial charge in [0.2, 0.25) is 0 Å². The summed E-state index contributed by atoms with van der Waals surface area (Å²) in [7, 11) is 3.36. The van der Waals surface area contributed by atoms with Crippen LogP contribution < -0.4 is 0 Å². The molecular formula is C5H7OSi. The third kappa shape index (κ3) is 1.35. The molecule has 1 rings (SSSR count). The Morgan fingerprint density at radius 3 is 2.86 bits per heavy atom.